The Morgan fingerprint density at radius 3 is 2.71 bits per heavy atom. The zero-order chi connectivity index (χ0) is 15.2. The van der Waals surface area contributed by atoms with Crippen molar-refractivity contribution in [3.8, 4) is 23.1 Å². The number of hydrogen-bond acceptors (Lipinski definition) is 6. The van der Waals surface area contributed by atoms with E-state index in [2.05, 4.69) is 15.0 Å². The Kier molecular flexibility index (Phi) is 4.92. The predicted octanol–water partition coefficient (Wildman–Crippen LogP) is 2.70. The Hall–Kier alpha value is -2.37. The molecule has 0 radical (unpaired) electrons. The maximum atomic E-state index is 5.71. The molecule has 1 aromatic carbocycles. The van der Waals surface area contributed by atoms with Crippen LogP contribution in [0.3, 0.4) is 0 Å². The first kappa shape index (κ1) is 15.0. The van der Waals surface area contributed by atoms with Crippen LogP contribution in [0, 0.1) is 0 Å². The molecule has 6 nitrogen and oxygen atoms in total. The standard InChI is InChI=1S/C15H20N4O2/c1-4-8-20-15-18-13(17-14(16)19-15)11-6-5-7-12(9-11)21-10(2)3/h5-7,9-10H,4,8H2,1-3H3,(H2,16,17,18,19). The van der Waals surface area contributed by atoms with Crippen molar-refractivity contribution in [3.63, 3.8) is 0 Å². The highest BCUT2D eigenvalue weighted by Crippen LogP contribution is 2.23. The zero-order valence-corrected chi connectivity index (χ0v) is 12.5. The van der Waals surface area contributed by atoms with Crippen LogP contribution in [0.4, 0.5) is 5.95 Å². The number of nitrogen functional groups attached to an aromatic ring is 1. The van der Waals surface area contributed by atoms with Crippen molar-refractivity contribution in [3.05, 3.63) is 24.3 Å². The molecule has 0 atom stereocenters. The molecule has 21 heavy (non-hydrogen) atoms. The minimum absolute atomic E-state index is 0.104. The average molecular weight is 288 g/mol. The SMILES string of the molecule is CCCOc1nc(N)nc(-c2cccc(OC(C)C)c2)n1. The van der Waals surface area contributed by atoms with Gasteiger partial charge in [0.2, 0.25) is 5.95 Å². The number of hydrogen-bond donors (Lipinski definition) is 1. The number of nitrogens with zero attached hydrogens (tertiary/aromatic N) is 3. The van der Waals surface area contributed by atoms with Gasteiger partial charge in [-0.1, -0.05) is 19.1 Å². The van der Waals surface area contributed by atoms with Crippen LogP contribution in [-0.4, -0.2) is 27.7 Å². The normalized spacial score (nSPS) is 10.7. The molecule has 0 aliphatic heterocycles. The highest BCUT2D eigenvalue weighted by Gasteiger charge is 2.09. The summed E-state index contributed by atoms with van der Waals surface area (Å²) in [4.78, 5) is 12.4. The summed E-state index contributed by atoms with van der Waals surface area (Å²) in [6.45, 7) is 6.51. The minimum Gasteiger partial charge on any atom is -0.491 e. The molecule has 0 aliphatic carbocycles. The molecule has 6 heteroatoms. The van der Waals surface area contributed by atoms with E-state index in [0.717, 1.165) is 17.7 Å². The minimum atomic E-state index is 0.104. The van der Waals surface area contributed by atoms with Crippen molar-refractivity contribution in [2.45, 2.75) is 33.3 Å². The van der Waals surface area contributed by atoms with Crippen LogP contribution >= 0.6 is 0 Å². The van der Waals surface area contributed by atoms with Gasteiger partial charge in [-0.15, -0.1) is 0 Å². The fourth-order valence-electron chi connectivity index (χ4n) is 1.74. The van der Waals surface area contributed by atoms with Crippen molar-refractivity contribution in [2.75, 3.05) is 12.3 Å². The lowest BCUT2D eigenvalue weighted by molar-refractivity contribution is 0.242. The number of aromatic nitrogens is 3. The maximum absolute atomic E-state index is 5.71. The van der Waals surface area contributed by atoms with Gasteiger partial charge in [-0.25, -0.2) is 0 Å². The third-order valence-corrected chi connectivity index (χ3v) is 2.53. The molecule has 0 amide bonds. The van der Waals surface area contributed by atoms with Gasteiger partial charge in [-0.2, -0.15) is 15.0 Å². The smallest absolute Gasteiger partial charge is 0.321 e. The molecule has 0 bridgehead atoms. The number of nitrogens with two attached hydrogens (primary N) is 1. The molecule has 1 heterocycles. The van der Waals surface area contributed by atoms with E-state index in [1.807, 2.05) is 45.0 Å². The molecule has 0 saturated heterocycles. The Labute approximate surface area is 124 Å². The van der Waals surface area contributed by atoms with Gasteiger partial charge in [0.15, 0.2) is 5.82 Å². The number of rotatable bonds is 6. The molecule has 0 fully saturated rings. The van der Waals surface area contributed by atoms with Crippen molar-refractivity contribution < 1.29 is 9.47 Å². The summed E-state index contributed by atoms with van der Waals surface area (Å²) in [5.74, 6) is 1.38. The number of ether oxygens (including phenoxy) is 2. The second-order valence-corrected chi connectivity index (χ2v) is 4.84. The molecule has 0 spiro atoms. The van der Waals surface area contributed by atoms with Gasteiger partial charge in [0.05, 0.1) is 12.7 Å². The van der Waals surface area contributed by atoms with Gasteiger partial charge in [0.25, 0.3) is 0 Å². The van der Waals surface area contributed by atoms with Gasteiger partial charge < -0.3 is 15.2 Å². The predicted molar refractivity (Wildman–Crippen MR) is 81.2 cm³/mol. The van der Waals surface area contributed by atoms with Crippen LogP contribution in [0.25, 0.3) is 11.4 Å². The van der Waals surface area contributed by atoms with E-state index in [9.17, 15) is 0 Å². The summed E-state index contributed by atoms with van der Waals surface area (Å²) in [5.41, 5.74) is 6.52. The van der Waals surface area contributed by atoms with Crippen molar-refractivity contribution >= 4 is 5.95 Å². The molecular formula is C15H20N4O2. The highest BCUT2D eigenvalue weighted by atomic mass is 16.5. The first-order valence-electron chi connectivity index (χ1n) is 7.00. The van der Waals surface area contributed by atoms with Gasteiger partial charge in [0, 0.05) is 5.56 Å². The molecule has 2 N–H and O–H groups in total. The van der Waals surface area contributed by atoms with Crippen LogP contribution in [0.5, 0.6) is 11.8 Å². The fourth-order valence-corrected chi connectivity index (χ4v) is 1.74. The van der Waals surface area contributed by atoms with Gasteiger partial charge >= 0.3 is 6.01 Å². The van der Waals surface area contributed by atoms with E-state index in [1.165, 1.54) is 0 Å². The summed E-state index contributed by atoms with van der Waals surface area (Å²) >= 11 is 0. The van der Waals surface area contributed by atoms with E-state index in [0.29, 0.717) is 12.4 Å². The third kappa shape index (κ3) is 4.30. The summed E-state index contributed by atoms with van der Waals surface area (Å²) in [6.07, 6.45) is 0.977. The van der Waals surface area contributed by atoms with Crippen LogP contribution in [-0.2, 0) is 0 Å². The highest BCUT2D eigenvalue weighted by molar-refractivity contribution is 5.58. The molecule has 0 saturated carbocycles. The average Bonchev–Trinajstić information content (AvgIpc) is 2.44. The summed E-state index contributed by atoms with van der Waals surface area (Å²) in [5, 5.41) is 0. The lowest BCUT2D eigenvalue weighted by Gasteiger charge is -2.11. The first-order chi connectivity index (χ1) is 10.1. The van der Waals surface area contributed by atoms with E-state index in [1.54, 1.807) is 0 Å². The molecule has 2 rings (SSSR count). The monoisotopic (exact) mass is 288 g/mol. The third-order valence-electron chi connectivity index (χ3n) is 2.53. The van der Waals surface area contributed by atoms with Gasteiger partial charge in [0.1, 0.15) is 5.75 Å². The van der Waals surface area contributed by atoms with Gasteiger partial charge in [-0.05, 0) is 32.4 Å². The van der Waals surface area contributed by atoms with Crippen LogP contribution < -0.4 is 15.2 Å². The Bertz CT molecular complexity index is 602. The second-order valence-electron chi connectivity index (χ2n) is 4.84. The number of anilines is 1. The van der Waals surface area contributed by atoms with Crippen LogP contribution in [0.15, 0.2) is 24.3 Å². The summed E-state index contributed by atoms with van der Waals surface area (Å²) < 4.78 is 11.1. The molecule has 0 aliphatic rings. The fraction of sp³-hybridized carbons (Fsp3) is 0.400. The zero-order valence-electron chi connectivity index (χ0n) is 12.5. The van der Waals surface area contributed by atoms with E-state index in [4.69, 9.17) is 15.2 Å². The largest absolute Gasteiger partial charge is 0.491 e. The Morgan fingerprint density at radius 2 is 2.00 bits per heavy atom. The topological polar surface area (TPSA) is 83.2 Å². The van der Waals surface area contributed by atoms with Crippen LogP contribution in [0.1, 0.15) is 27.2 Å². The molecule has 0 unspecified atom stereocenters. The van der Waals surface area contributed by atoms with Crippen molar-refractivity contribution in [1.82, 2.24) is 15.0 Å². The second kappa shape index (κ2) is 6.88. The lowest BCUT2D eigenvalue weighted by Crippen LogP contribution is -2.07. The van der Waals surface area contributed by atoms with Gasteiger partial charge in [-0.3, -0.25) is 0 Å². The van der Waals surface area contributed by atoms with E-state index in [-0.39, 0.29) is 18.1 Å². The molecule has 1 aromatic heterocycles. The quantitative estimate of drug-likeness (QED) is 0.880. The van der Waals surface area contributed by atoms with Crippen molar-refractivity contribution in [2.24, 2.45) is 0 Å². The van der Waals surface area contributed by atoms with E-state index < -0.39 is 0 Å². The lowest BCUT2D eigenvalue weighted by atomic mass is 10.2. The summed E-state index contributed by atoms with van der Waals surface area (Å²) in [7, 11) is 0. The maximum Gasteiger partial charge on any atom is 0.321 e. The molecule has 112 valence electrons. The summed E-state index contributed by atoms with van der Waals surface area (Å²) in [6, 6.07) is 7.79. The van der Waals surface area contributed by atoms with Crippen molar-refractivity contribution in [1.29, 1.82) is 0 Å². The Balaban J connectivity index is 2.30. The van der Waals surface area contributed by atoms with E-state index >= 15 is 0 Å². The van der Waals surface area contributed by atoms with Crippen LogP contribution in [0.2, 0.25) is 0 Å². The first-order valence-corrected chi connectivity index (χ1v) is 7.00. The number of benzene rings is 1. The Morgan fingerprint density at radius 1 is 1.19 bits per heavy atom. The molecule has 2 aromatic rings. The molecular weight excluding hydrogens is 268 g/mol.